The highest BCUT2D eigenvalue weighted by molar-refractivity contribution is 6.14. The minimum Gasteiger partial charge on any atom is -0.464 e. The van der Waals surface area contributed by atoms with Gasteiger partial charge in [-0.15, -0.1) is 0 Å². The molecular formula is C7H10N2O4. The van der Waals surface area contributed by atoms with Crippen LogP contribution in [0.5, 0.6) is 0 Å². The number of likely N-dealkylation sites (N-methyl/N-ethyl adjacent to an activating group) is 1. The van der Waals surface area contributed by atoms with Gasteiger partial charge in [-0.3, -0.25) is 9.69 Å². The van der Waals surface area contributed by atoms with Crippen molar-refractivity contribution in [3.05, 3.63) is 0 Å². The molecule has 0 aromatic carbocycles. The Labute approximate surface area is 74.8 Å². The van der Waals surface area contributed by atoms with Crippen molar-refractivity contribution >= 4 is 17.9 Å². The van der Waals surface area contributed by atoms with Crippen LogP contribution in [0.25, 0.3) is 0 Å². The van der Waals surface area contributed by atoms with Gasteiger partial charge < -0.3 is 10.1 Å². The summed E-state index contributed by atoms with van der Waals surface area (Å²) in [7, 11) is 1.30. The van der Waals surface area contributed by atoms with E-state index in [4.69, 9.17) is 0 Å². The van der Waals surface area contributed by atoms with Gasteiger partial charge >= 0.3 is 12.0 Å². The zero-order valence-electron chi connectivity index (χ0n) is 7.36. The molecule has 1 fully saturated rings. The number of carbonyl (C=O) groups is 3. The maximum atomic E-state index is 11.2. The van der Waals surface area contributed by atoms with Gasteiger partial charge in [-0.1, -0.05) is 0 Å². The Bertz CT molecular complexity index is 263. The monoisotopic (exact) mass is 186 g/mol. The van der Waals surface area contributed by atoms with Gasteiger partial charge in [-0.05, 0) is 6.92 Å². The van der Waals surface area contributed by atoms with Gasteiger partial charge in [-0.25, -0.2) is 9.59 Å². The average molecular weight is 186 g/mol. The van der Waals surface area contributed by atoms with Crippen molar-refractivity contribution in [2.75, 3.05) is 13.7 Å². The highest BCUT2D eigenvalue weighted by Crippen LogP contribution is 2.04. The molecule has 0 unspecified atom stereocenters. The van der Waals surface area contributed by atoms with Crippen molar-refractivity contribution in [3.8, 4) is 0 Å². The number of nitrogens with zero attached hydrogens (tertiary/aromatic N) is 1. The molecule has 6 heteroatoms. The quantitative estimate of drug-likeness (QED) is 0.344. The lowest BCUT2D eigenvalue weighted by Gasteiger charge is -2.06. The third-order valence-electron chi connectivity index (χ3n) is 1.67. The lowest BCUT2D eigenvalue weighted by Crippen LogP contribution is -2.38. The van der Waals surface area contributed by atoms with Crippen molar-refractivity contribution in [2.45, 2.75) is 13.0 Å². The maximum Gasteiger partial charge on any atom is 0.338 e. The Hall–Kier alpha value is -1.59. The smallest absolute Gasteiger partial charge is 0.338 e. The molecule has 1 atom stereocenters. The van der Waals surface area contributed by atoms with Crippen molar-refractivity contribution < 1.29 is 19.1 Å². The first-order valence-corrected chi connectivity index (χ1v) is 3.82. The normalized spacial score (nSPS) is 21.7. The number of urea groups is 1. The van der Waals surface area contributed by atoms with Gasteiger partial charge in [0.15, 0.2) is 0 Å². The van der Waals surface area contributed by atoms with Crippen molar-refractivity contribution in [2.24, 2.45) is 0 Å². The van der Waals surface area contributed by atoms with E-state index in [0.717, 1.165) is 4.90 Å². The molecule has 1 aliphatic rings. The molecule has 1 N–H and O–H groups in total. The van der Waals surface area contributed by atoms with Crippen LogP contribution < -0.4 is 5.32 Å². The number of rotatable bonds is 2. The van der Waals surface area contributed by atoms with Crippen LogP contribution in [0.1, 0.15) is 6.92 Å². The Morgan fingerprint density at radius 3 is 2.62 bits per heavy atom. The molecule has 0 bridgehead atoms. The summed E-state index contributed by atoms with van der Waals surface area (Å²) >= 11 is 0. The molecule has 72 valence electrons. The summed E-state index contributed by atoms with van der Waals surface area (Å²) < 4.78 is 4.59. The molecule has 6 nitrogen and oxygen atoms in total. The summed E-state index contributed by atoms with van der Waals surface area (Å²) in [5.74, 6) is -1.30. The predicted molar refractivity (Wildman–Crippen MR) is 41.7 cm³/mol. The number of nitrogens with one attached hydrogen (secondary N) is 1. The van der Waals surface area contributed by atoms with E-state index in [9.17, 15) is 14.4 Å². The van der Waals surface area contributed by atoms with Crippen LogP contribution in [-0.2, 0) is 14.3 Å². The fraction of sp³-hybridized carbons (Fsp3) is 0.571. The van der Waals surface area contributed by atoms with E-state index in [1.54, 1.807) is 6.92 Å². The minimum absolute atomic E-state index is 0.183. The number of ether oxygens (including phenoxy) is 1. The van der Waals surface area contributed by atoms with Gasteiger partial charge in [0.2, 0.25) is 6.04 Å². The topological polar surface area (TPSA) is 75.7 Å². The Kier molecular flexibility index (Phi) is 2.50. The number of carbonyl (C=O) groups excluding carboxylic acids is 3. The molecule has 13 heavy (non-hydrogen) atoms. The first kappa shape index (κ1) is 9.50. The van der Waals surface area contributed by atoms with Crippen LogP contribution in [0.3, 0.4) is 0 Å². The number of amides is 3. The SMILES string of the molecule is CCOC(=O)[C@H]1NC(=O)N(C)C1=O. The molecule has 0 aliphatic carbocycles. The van der Waals surface area contributed by atoms with Crippen LogP contribution in [-0.4, -0.2) is 42.5 Å². The van der Waals surface area contributed by atoms with Crippen molar-refractivity contribution in [3.63, 3.8) is 0 Å². The largest absolute Gasteiger partial charge is 0.464 e. The molecule has 0 aromatic heterocycles. The zero-order valence-corrected chi connectivity index (χ0v) is 7.36. The number of imide groups is 1. The van der Waals surface area contributed by atoms with Gasteiger partial charge in [0.1, 0.15) is 0 Å². The standard InChI is InChI=1S/C7H10N2O4/c1-3-13-6(11)4-5(10)9(2)7(12)8-4/h4H,3H2,1-2H3,(H,8,12)/t4-/m0/s1. The van der Waals surface area contributed by atoms with E-state index in [1.807, 2.05) is 0 Å². The molecule has 1 saturated heterocycles. The zero-order chi connectivity index (χ0) is 10.0. The van der Waals surface area contributed by atoms with E-state index < -0.39 is 23.9 Å². The maximum absolute atomic E-state index is 11.2. The molecule has 0 spiro atoms. The first-order chi connectivity index (χ1) is 6.07. The number of esters is 1. The minimum atomic E-state index is -1.17. The van der Waals surface area contributed by atoms with E-state index in [2.05, 4.69) is 10.1 Å². The molecule has 1 aliphatic heterocycles. The van der Waals surface area contributed by atoms with Crippen LogP contribution in [0.15, 0.2) is 0 Å². The second-order valence-electron chi connectivity index (χ2n) is 2.53. The third-order valence-corrected chi connectivity index (χ3v) is 1.67. The van der Waals surface area contributed by atoms with Crippen LogP contribution >= 0.6 is 0 Å². The molecule has 1 rings (SSSR count). The predicted octanol–water partition coefficient (Wildman–Crippen LogP) is -0.900. The lowest BCUT2D eigenvalue weighted by molar-refractivity contribution is -0.148. The van der Waals surface area contributed by atoms with Crippen LogP contribution in [0.2, 0.25) is 0 Å². The van der Waals surface area contributed by atoms with Gasteiger partial charge in [-0.2, -0.15) is 0 Å². The number of hydrogen-bond acceptors (Lipinski definition) is 4. The Balaban J connectivity index is 2.68. The summed E-state index contributed by atoms with van der Waals surface area (Å²) in [5, 5.41) is 2.20. The molecule has 3 amide bonds. The summed E-state index contributed by atoms with van der Waals surface area (Å²) in [6.45, 7) is 1.81. The average Bonchev–Trinajstić information content (AvgIpc) is 2.33. The second-order valence-corrected chi connectivity index (χ2v) is 2.53. The summed E-state index contributed by atoms with van der Waals surface area (Å²) in [4.78, 5) is 34.0. The molecule has 0 radical (unpaired) electrons. The van der Waals surface area contributed by atoms with Crippen molar-refractivity contribution in [1.29, 1.82) is 0 Å². The van der Waals surface area contributed by atoms with Gasteiger partial charge in [0.05, 0.1) is 6.61 Å². The highest BCUT2D eigenvalue weighted by atomic mass is 16.5. The fourth-order valence-electron chi connectivity index (χ4n) is 0.961. The number of hydrogen-bond donors (Lipinski definition) is 1. The molecule has 1 heterocycles. The van der Waals surface area contributed by atoms with E-state index >= 15 is 0 Å². The highest BCUT2D eigenvalue weighted by Gasteiger charge is 2.41. The van der Waals surface area contributed by atoms with Gasteiger partial charge in [0, 0.05) is 7.05 Å². The third kappa shape index (κ3) is 1.61. The molecule has 0 aromatic rings. The summed E-state index contributed by atoms with van der Waals surface area (Å²) in [6, 6.07) is -1.75. The van der Waals surface area contributed by atoms with Crippen molar-refractivity contribution in [1.82, 2.24) is 10.2 Å². The lowest BCUT2D eigenvalue weighted by atomic mass is 10.3. The molecule has 0 saturated carbocycles. The van der Waals surface area contributed by atoms with E-state index in [1.165, 1.54) is 7.05 Å². The summed E-state index contributed by atoms with van der Waals surface area (Å²) in [5.41, 5.74) is 0. The Morgan fingerprint density at radius 2 is 2.23 bits per heavy atom. The van der Waals surface area contributed by atoms with E-state index in [0.29, 0.717) is 0 Å². The van der Waals surface area contributed by atoms with Crippen LogP contribution in [0.4, 0.5) is 4.79 Å². The summed E-state index contributed by atoms with van der Waals surface area (Å²) in [6.07, 6.45) is 0. The van der Waals surface area contributed by atoms with Gasteiger partial charge in [0.25, 0.3) is 5.91 Å². The van der Waals surface area contributed by atoms with E-state index in [-0.39, 0.29) is 6.61 Å². The fourth-order valence-corrected chi connectivity index (χ4v) is 0.961. The second kappa shape index (κ2) is 3.42. The first-order valence-electron chi connectivity index (χ1n) is 3.82. The van der Waals surface area contributed by atoms with Crippen LogP contribution in [0, 0.1) is 0 Å². The Morgan fingerprint density at radius 1 is 1.62 bits per heavy atom. The molecular weight excluding hydrogens is 176 g/mol.